The highest BCUT2D eigenvalue weighted by Crippen LogP contribution is 2.32. The van der Waals surface area contributed by atoms with Gasteiger partial charge in [0.15, 0.2) is 0 Å². The number of thiazole rings is 1. The molecule has 0 unspecified atom stereocenters. The number of nitrogens with zero attached hydrogens (tertiary/aromatic N) is 1. The molecule has 2 heterocycles. The van der Waals surface area contributed by atoms with Gasteiger partial charge in [-0.2, -0.15) is 13.2 Å². The maximum Gasteiger partial charge on any atom is 0.417 e. The van der Waals surface area contributed by atoms with Crippen molar-refractivity contribution < 1.29 is 18.0 Å². The molecule has 0 saturated carbocycles. The van der Waals surface area contributed by atoms with E-state index in [4.69, 9.17) is 0 Å². The number of hydrogen-bond acceptors (Lipinski definition) is 4. The van der Waals surface area contributed by atoms with E-state index in [1.165, 1.54) is 18.2 Å². The molecule has 0 atom stereocenters. The van der Waals surface area contributed by atoms with E-state index >= 15 is 0 Å². The number of alkyl halides is 3. The molecule has 2 aromatic heterocycles. The van der Waals surface area contributed by atoms with Crippen molar-refractivity contribution in [2.75, 3.05) is 6.54 Å². The summed E-state index contributed by atoms with van der Waals surface area (Å²) in [4.78, 5) is 18.6. The minimum atomic E-state index is -4.55. The molecule has 1 N–H and O–H groups in total. The second kappa shape index (κ2) is 7.59. The van der Waals surface area contributed by atoms with Crippen LogP contribution in [0, 0.1) is 6.92 Å². The van der Waals surface area contributed by atoms with Gasteiger partial charge in [-0.15, -0.1) is 22.7 Å². The third-order valence-corrected chi connectivity index (χ3v) is 5.61. The van der Waals surface area contributed by atoms with Gasteiger partial charge in [-0.3, -0.25) is 4.79 Å². The number of thiophene rings is 1. The zero-order valence-electron chi connectivity index (χ0n) is 13.8. The van der Waals surface area contributed by atoms with Crippen LogP contribution in [-0.4, -0.2) is 17.4 Å². The third kappa shape index (κ3) is 4.31. The minimum absolute atomic E-state index is 0.265. The molecule has 0 bridgehead atoms. The molecule has 0 radical (unpaired) electrons. The Hall–Kier alpha value is -2.19. The van der Waals surface area contributed by atoms with Gasteiger partial charge in [-0.05, 0) is 37.6 Å². The van der Waals surface area contributed by atoms with E-state index in [0.717, 1.165) is 26.5 Å². The third-order valence-electron chi connectivity index (χ3n) is 3.67. The topological polar surface area (TPSA) is 42.0 Å². The molecule has 0 spiro atoms. The number of halogens is 3. The summed E-state index contributed by atoms with van der Waals surface area (Å²) in [6, 6.07) is 8.71. The molecule has 3 aromatic rings. The normalized spacial score (nSPS) is 11.5. The summed E-state index contributed by atoms with van der Waals surface area (Å²) in [5.41, 5.74) is -0.355. The molecule has 0 aliphatic heterocycles. The van der Waals surface area contributed by atoms with Crippen molar-refractivity contribution in [1.82, 2.24) is 10.3 Å². The van der Waals surface area contributed by atoms with Gasteiger partial charge in [-0.1, -0.05) is 12.1 Å². The second-order valence-electron chi connectivity index (χ2n) is 5.57. The van der Waals surface area contributed by atoms with Crippen molar-refractivity contribution in [2.45, 2.75) is 19.5 Å². The first-order valence-corrected chi connectivity index (χ1v) is 9.50. The maximum atomic E-state index is 13.0. The predicted molar refractivity (Wildman–Crippen MR) is 97.6 cm³/mol. The Balaban J connectivity index is 1.61. The fraction of sp³-hybridized carbons (Fsp3) is 0.222. The number of nitrogens with one attached hydrogen (secondary N) is 1. The molecule has 3 rings (SSSR count). The highest BCUT2D eigenvalue weighted by molar-refractivity contribution is 7.16. The number of rotatable bonds is 5. The molecule has 0 aliphatic rings. The fourth-order valence-electron chi connectivity index (χ4n) is 2.45. The number of carbonyl (C=O) groups excluding carboxylic acids is 1. The standard InChI is InChI=1S/C18H15F3N2OS2/c1-11-23-15(10-25-11)16-7-6-12(26-16)8-9-22-17(24)13-4-2-3-5-14(13)18(19,20)21/h2-7,10H,8-9H2,1H3,(H,22,24). The Labute approximate surface area is 156 Å². The van der Waals surface area contributed by atoms with Gasteiger partial charge in [-0.25, -0.2) is 4.98 Å². The minimum Gasteiger partial charge on any atom is -0.352 e. The first-order valence-electron chi connectivity index (χ1n) is 7.80. The highest BCUT2D eigenvalue weighted by atomic mass is 32.1. The van der Waals surface area contributed by atoms with Crippen molar-refractivity contribution in [3.05, 3.63) is 62.8 Å². The van der Waals surface area contributed by atoms with Crippen LogP contribution in [0.1, 0.15) is 25.8 Å². The van der Waals surface area contributed by atoms with Crippen molar-refractivity contribution in [3.63, 3.8) is 0 Å². The van der Waals surface area contributed by atoms with E-state index in [1.807, 2.05) is 24.4 Å². The van der Waals surface area contributed by atoms with Gasteiger partial charge in [0, 0.05) is 16.8 Å². The predicted octanol–water partition coefficient (Wildman–Crippen LogP) is 5.17. The summed E-state index contributed by atoms with van der Waals surface area (Å²) < 4.78 is 38.9. The number of aryl methyl sites for hydroxylation is 1. The number of hydrogen-bond donors (Lipinski definition) is 1. The zero-order valence-corrected chi connectivity index (χ0v) is 15.4. The maximum absolute atomic E-state index is 13.0. The van der Waals surface area contributed by atoms with Crippen LogP contribution in [0.15, 0.2) is 41.8 Å². The summed E-state index contributed by atoms with van der Waals surface area (Å²) in [6.07, 6.45) is -4.00. The Morgan fingerprint density at radius 2 is 1.96 bits per heavy atom. The average molecular weight is 396 g/mol. The lowest BCUT2D eigenvalue weighted by Gasteiger charge is -2.12. The van der Waals surface area contributed by atoms with Crippen molar-refractivity contribution >= 4 is 28.6 Å². The molecule has 26 heavy (non-hydrogen) atoms. The SMILES string of the molecule is Cc1nc(-c2ccc(CCNC(=O)c3ccccc3C(F)(F)F)s2)cs1. The first-order chi connectivity index (χ1) is 12.3. The molecule has 1 aromatic carbocycles. The van der Waals surface area contributed by atoms with E-state index in [-0.39, 0.29) is 12.1 Å². The molecular weight excluding hydrogens is 381 g/mol. The molecule has 0 saturated heterocycles. The average Bonchev–Trinajstić information content (AvgIpc) is 3.23. The van der Waals surface area contributed by atoms with E-state index < -0.39 is 17.6 Å². The smallest absolute Gasteiger partial charge is 0.352 e. The van der Waals surface area contributed by atoms with Crippen LogP contribution >= 0.6 is 22.7 Å². The monoisotopic (exact) mass is 396 g/mol. The second-order valence-corrected chi connectivity index (χ2v) is 7.80. The van der Waals surface area contributed by atoms with Crippen LogP contribution in [-0.2, 0) is 12.6 Å². The van der Waals surface area contributed by atoms with Crippen molar-refractivity contribution in [2.24, 2.45) is 0 Å². The lowest BCUT2D eigenvalue weighted by atomic mass is 10.1. The Kier molecular flexibility index (Phi) is 5.43. The molecule has 0 aliphatic carbocycles. The Morgan fingerprint density at radius 1 is 1.19 bits per heavy atom. The summed E-state index contributed by atoms with van der Waals surface area (Å²) in [5, 5.41) is 5.55. The Morgan fingerprint density at radius 3 is 2.65 bits per heavy atom. The summed E-state index contributed by atoms with van der Waals surface area (Å²) in [5.74, 6) is -0.718. The highest BCUT2D eigenvalue weighted by Gasteiger charge is 2.34. The van der Waals surface area contributed by atoms with Gasteiger partial charge >= 0.3 is 6.18 Å². The van der Waals surface area contributed by atoms with Crippen LogP contribution in [0.4, 0.5) is 13.2 Å². The molecular formula is C18H15F3N2OS2. The van der Waals surface area contributed by atoms with Crippen molar-refractivity contribution in [1.29, 1.82) is 0 Å². The molecule has 3 nitrogen and oxygen atoms in total. The van der Waals surface area contributed by atoms with Crippen molar-refractivity contribution in [3.8, 4) is 10.6 Å². The summed E-state index contributed by atoms with van der Waals surface area (Å²) in [7, 11) is 0. The lowest BCUT2D eigenvalue weighted by molar-refractivity contribution is -0.137. The fourth-order valence-corrected chi connectivity index (χ4v) is 4.10. The largest absolute Gasteiger partial charge is 0.417 e. The molecule has 0 fully saturated rings. The number of aromatic nitrogens is 1. The van der Waals surface area contributed by atoms with Gasteiger partial charge in [0.1, 0.15) is 0 Å². The van der Waals surface area contributed by atoms with Crippen LogP contribution in [0.5, 0.6) is 0 Å². The van der Waals surface area contributed by atoms with Gasteiger partial charge in [0.2, 0.25) is 0 Å². The summed E-state index contributed by atoms with van der Waals surface area (Å²) in [6.45, 7) is 2.21. The zero-order chi connectivity index (χ0) is 18.7. The lowest BCUT2D eigenvalue weighted by Crippen LogP contribution is -2.28. The molecule has 136 valence electrons. The van der Waals surface area contributed by atoms with Crippen LogP contribution < -0.4 is 5.32 Å². The van der Waals surface area contributed by atoms with Crippen LogP contribution in [0.2, 0.25) is 0 Å². The van der Waals surface area contributed by atoms with Gasteiger partial charge < -0.3 is 5.32 Å². The number of carbonyl (C=O) groups is 1. The molecule has 1 amide bonds. The van der Waals surface area contributed by atoms with Crippen LogP contribution in [0.3, 0.4) is 0 Å². The number of amides is 1. The molecule has 8 heteroatoms. The summed E-state index contributed by atoms with van der Waals surface area (Å²) >= 11 is 3.14. The number of benzene rings is 1. The van der Waals surface area contributed by atoms with Gasteiger partial charge in [0.05, 0.1) is 26.7 Å². The van der Waals surface area contributed by atoms with E-state index in [1.54, 1.807) is 22.7 Å². The van der Waals surface area contributed by atoms with Gasteiger partial charge in [0.25, 0.3) is 5.91 Å². The van der Waals surface area contributed by atoms with E-state index in [2.05, 4.69) is 10.3 Å². The van der Waals surface area contributed by atoms with E-state index in [0.29, 0.717) is 6.42 Å². The van der Waals surface area contributed by atoms with E-state index in [9.17, 15) is 18.0 Å². The Bertz CT molecular complexity index is 915. The first kappa shape index (κ1) is 18.6. The van der Waals surface area contributed by atoms with Crippen LogP contribution in [0.25, 0.3) is 10.6 Å². The quantitative estimate of drug-likeness (QED) is 0.646.